The summed E-state index contributed by atoms with van der Waals surface area (Å²) in [6, 6.07) is 16.5. The zero-order valence-electron chi connectivity index (χ0n) is 21.6. The average molecular weight is 562 g/mol. The summed E-state index contributed by atoms with van der Waals surface area (Å²) in [4.78, 5) is 37.7. The Morgan fingerprint density at radius 3 is 1.88 bits per heavy atom. The molecule has 0 saturated carbocycles. The zero-order chi connectivity index (χ0) is 29.6. The van der Waals surface area contributed by atoms with Crippen molar-refractivity contribution in [3.63, 3.8) is 0 Å². The van der Waals surface area contributed by atoms with Crippen LogP contribution in [-0.2, 0) is 4.79 Å². The number of aromatic carboxylic acids is 1. The summed E-state index contributed by atoms with van der Waals surface area (Å²) in [5.41, 5.74) is 5.08. The van der Waals surface area contributed by atoms with Gasteiger partial charge in [0.2, 0.25) is 0 Å². The molecule has 0 unspecified atom stereocenters. The van der Waals surface area contributed by atoms with Crippen molar-refractivity contribution in [3.05, 3.63) is 88.7 Å². The third-order valence-electron chi connectivity index (χ3n) is 6.16. The van der Waals surface area contributed by atoms with E-state index in [-0.39, 0.29) is 5.56 Å². The summed E-state index contributed by atoms with van der Waals surface area (Å²) in [6.07, 6.45) is -5.08. The molecule has 0 aromatic heterocycles. The number of benzene rings is 3. The van der Waals surface area contributed by atoms with E-state index >= 15 is 0 Å². The molecule has 0 atom stereocenters. The van der Waals surface area contributed by atoms with Crippen LogP contribution in [0.2, 0.25) is 0 Å². The molecule has 1 fully saturated rings. The van der Waals surface area contributed by atoms with Crippen molar-refractivity contribution in [2.75, 3.05) is 41.3 Å². The monoisotopic (exact) mass is 561 g/mol. The summed E-state index contributed by atoms with van der Waals surface area (Å²) in [6.45, 7) is 7.13. The highest BCUT2D eigenvalue weighted by molar-refractivity contribution is 6.05. The Kier molecular flexibility index (Phi) is 9.35. The molecule has 0 bridgehead atoms. The maximum Gasteiger partial charge on any atom is 0.490 e. The lowest BCUT2D eigenvalue weighted by atomic mass is 10.1. The van der Waals surface area contributed by atoms with E-state index in [1.54, 1.807) is 12.1 Å². The Labute approximate surface area is 227 Å². The number of hydrogen-bond donors (Lipinski definition) is 3. The number of carbonyl (C=O) groups excluding carboxylic acids is 1. The molecule has 1 heterocycles. The van der Waals surface area contributed by atoms with Gasteiger partial charge in [-0.25, -0.2) is 14.0 Å². The number of halogens is 4. The molecule has 4 rings (SSSR count). The van der Waals surface area contributed by atoms with Crippen LogP contribution in [0.15, 0.2) is 60.7 Å². The largest absolute Gasteiger partial charge is 0.490 e. The molecule has 8 nitrogen and oxygen atoms in total. The predicted molar refractivity (Wildman–Crippen MR) is 142 cm³/mol. The van der Waals surface area contributed by atoms with Gasteiger partial charge in [-0.05, 0) is 73.5 Å². The molecule has 1 aliphatic rings. The van der Waals surface area contributed by atoms with Gasteiger partial charge in [-0.2, -0.15) is 13.2 Å². The average Bonchev–Trinajstić information content (AvgIpc) is 2.90. The summed E-state index contributed by atoms with van der Waals surface area (Å²) in [7, 11) is 0. The number of anilines is 3. The van der Waals surface area contributed by atoms with E-state index in [9.17, 15) is 32.3 Å². The SMILES string of the molecule is Cc1ccc(C)c(N2CCN(c3ccc(NC(=O)c4ccc(F)cc4)cc3C(=O)O)CC2)c1.O=C(O)C(F)(F)F. The van der Waals surface area contributed by atoms with Gasteiger partial charge in [0.25, 0.3) is 5.91 Å². The van der Waals surface area contributed by atoms with E-state index in [1.165, 1.54) is 47.1 Å². The lowest BCUT2D eigenvalue weighted by molar-refractivity contribution is -0.192. The molecular formula is C28H27F4N3O5. The van der Waals surface area contributed by atoms with Crippen molar-refractivity contribution >= 4 is 34.9 Å². The van der Waals surface area contributed by atoms with Gasteiger partial charge in [-0.1, -0.05) is 12.1 Å². The van der Waals surface area contributed by atoms with Crippen molar-refractivity contribution in [1.82, 2.24) is 0 Å². The minimum Gasteiger partial charge on any atom is -0.478 e. The fourth-order valence-electron chi connectivity index (χ4n) is 4.11. The first kappa shape index (κ1) is 29.9. The van der Waals surface area contributed by atoms with E-state index in [1.807, 2.05) is 0 Å². The van der Waals surface area contributed by atoms with Gasteiger partial charge in [0.15, 0.2) is 0 Å². The van der Waals surface area contributed by atoms with Crippen LogP contribution < -0.4 is 15.1 Å². The molecule has 0 spiro atoms. The highest BCUT2D eigenvalue weighted by Crippen LogP contribution is 2.28. The Hall–Kier alpha value is -4.61. The van der Waals surface area contributed by atoms with E-state index in [0.29, 0.717) is 30.0 Å². The van der Waals surface area contributed by atoms with Gasteiger partial charge in [-0.15, -0.1) is 0 Å². The normalized spacial score (nSPS) is 13.2. The predicted octanol–water partition coefficient (Wildman–Crippen LogP) is 5.35. The van der Waals surface area contributed by atoms with E-state index in [4.69, 9.17) is 9.90 Å². The zero-order valence-corrected chi connectivity index (χ0v) is 21.6. The van der Waals surface area contributed by atoms with Crippen molar-refractivity contribution in [2.24, 2.45) is 0 Å². The highest BCUT2D eigenvalue weighted by Gasteiger charge is 2.38. The van der Waals surface area contributed by atoms with Gasteiger partial charge >= 0.3 is 18.1 Å². The lowest BCUT2D eigenvalue weighted by Gasteiger charge is -2.38. The fraction of sp³-hybridized carbons (Fsp3) is 0.250. The number of aliphatic carboxylic acids is 1. The Bertz CT molecular complexity index is 1390. The summed E-state index contributed by atoms with van der Waals surface area (Å²) in [5.74, 6) is -4.67. The van der Waals surface area contributed by atoms with E-state index in [0.717, 1.165) is 13.1 Å². The first-order chi connectivity index (χ1) is 18.8. The number of carbonyl (C=O) groups is 3. The van der Waals surface area contributed by atoms with Crippen molar-refractivity contribution < 1.29 is 42.2 Å². The summed E-state index contributed by atoms with van der Waals surface area (Å²) >= 11 is 0. The fourth-order valence-corrected chi connectivity index (χ4v) is 4.11. The van der Waals surface area contributed by atoms with Crippen LogP contribution in [0.3, 0.4) is 0 Å². The standard InChI is InChI=1S/C26H26FN3O3.C2HF3O2/c1-17-3-4-18(2)24(15-17)30-13-11-29(12-14-30)23-10-9-21(16-22(23)26(32)33)28-25(31)19-5-7-20(27)8-6-19;3-2(4,5)1(6)7/h3-10,15-16H,11-14H2,1-2H3,(H,28,31)(H,32,33);(H,6,7). The summed E-state index contributed by atoms with van der Waals surface area (Å²) in [5, 5.41) is 19.6. The highest BCUT2D eigenvalue weighted by atomic mass is 19.4. The number of nitrogens with zero attached hydrogens (tertiary/aromatic N) is 2. The van der Waals surface area contributed by atoms with E-state index < -0.39 is 29.8 Å². The van der Waals surface area contributed by atoms with Gasteiger partial charge in [-0.3, -0.25) is 4.79 Å². The smallest absolute Gasteiger partial charge is 0.478 e. The van der Waals surface area contributed by atoms with Crippen LogP contribution in [0.25, 0.3) is 0 Å². The summed E-state index contributed by atoms with van der Waals surface area (Å²) < 4.78 is 44.8. The maximum absolute atomic E-state index is 13.1. The molecule has 12 heteroatoms. The van der Waals surface area contributed by atoms with Crippen LogP contribution >= 0.6 is 0 Å². The molecule has 3 aromatic rings. The molecular weight excluding hydrogens is 534 g/mol. The van der Waals surface area contributed by atoms with Crippen LogP contribution in [0.5, 0.6) is 0 Å². The number of hydrogen-bond acceptors (Lipinski definition) is 5. The molecule has 3 N–H and O–H groups in total. The number of aryl methyl sites for hydroxylation is 2. The number of carboxylic acid groups (broad SMARTS) is 2. The number of rotatable bonds is 5. The molecule has 1 saturated heterocycles. The number of alkyl halides is 3. The van der Waals surface area contributed by atoms with Crippen LogP contribution in [0, 0.1) is 19.7 Å². The van der Waals surface area contributed by atoms with Crippen LogP contribution in [0.4, 0.5) is 34.6 Å². The third-order valence-corrected chi connectivity index (χ3v) is 6.16. The molecule has 1 aliphatic heterocycles. The van der Waals surface area contributed by atoms with Gasteiger partial charge in [0.1, 0.15) is 5.82 Å². The maximum atomic E-state index is 13.1. The van der Waals surface area contributed by atoms with Gasteiger partial charge < -0.3 is 25.3 Å². The quantitative estimate of drug-likeness (QED) is 0.360. The molecule has 1 amide bonds. The van der Waals surface area contributed by atoms with Crippen molar-refractivity contribution in [2.45, 2.75) is 20.0 Å². The first-order valence-corrected chi connectivity index (χ1v) is 12.1. The molecule has 212 valence electrons. The molecule has 0 aliphatic carbocycles. The van der Waals surface area contributed by atoms with Gasteiger partial charge in [0, 0.05) is 43.1 Å². The Balaban J connectivity index is 0.000000559. The van der Waals surface area contributed by atoms with Crippen molar-refractivity contribution in [3.8, 4) is 0 Å². The lowest BCUT2D eigenvalue weighted by Crippen LogP contribution is -2.47. The van der Waals surface area contributed by atoms with Gasteiger partial charge in [0.05, 0.1) is 11.3 Å². The van der Waals surface area contributed by atoms with Crippen LogP contribution in [-0.4, -0.2) is 60.4 Å². The number of nitrogens with one attached hydrogen (secondary N) is 1. The minimum atomic E-state index is -5.08. The molecule has 3 aromatic carbocycles. The van der Waals surface area contributed by atoms with Crippen LogP contribution in [0.1, 0.15) is 31.8 Å². The topological polar surface area (TPSA) is 110 Å². The Morgan fingerprint density at radius 2 is 1.35 bits per heavy atom. The second-order valence-corrected chi connectivity index (χ2v) is 9.07. The van der Waals surface area contributed by atoms with E-state index in [2.05, 4.69) is 47.2 Å². The number of piperazine rings is 1. The number of carboxylic acids is 2. The van der Waals surface area contributed by atoms with Crippen molar-refractivity contribution in [1.29, 1.82) is 0 Å². The molecule has 40 heavy (non-hydrogen) atoms. The minimum absolute atomic E-state index is 0.132. The first-order valence-electron chi connectivity index (χ1n) is 12.1. The number of amides is 1. The Morgan fingerprint density at radius 1 is 0.800 bits per heavy atom. The second-order valence-electron chi connectivity index (χ2n) is 9.07. The third kappa shape index (κ3) is 7.71. The molecule has 0 radical (unpaired) electrons. The second kappa shape index (κ2) is 12.5.